The number of carbonyl (C=O) groups is 2. The fourth-order valence-electron chi connectivity index (χ4n) is 1.51. The van der Waals surface area contributed by atoms with E-state index < -0.39 is 11.4 Å². The van der Waals surface area contributed by atoms with E-state index in [4.69, 9.17) is 5.73 Å². The molecule has 1 unspecified atom stereocenters. The van der Waals surface area contributed by atoms with Crippen molar-refractivity contribution in [3.63, 3.8) is 0 Å². The summed E-state index contributed by atoms with van der Waals surface area (Å²) in [5, 5.41) is 0. The second kappa shape index (κ2) is 3.01. The highest BCUT2D eigenvalue weighted by Crippen LogP contribution is 2.25. The molecule has 0 radical (unpaired) electrons. The third-order valence-electron chi connectivity index (χ3n) is 2.75. The molecule has 2 amide bonds. The average molecular weight is 184 g/mol. The molecule has 0 aromatic rings. The van der Waals surface area contributed by atoms with Crippen LogP contribution in [0.15, 0.2) is 0 Å². The number of amides is 2. The van der Waals surface area contributed by atoms with Crippen molar-refractivity contribution in [2.24, 2.45) is 11.7 Å². The van der Waals surface area contributed by atoms with Gasteiger partial charge in [0.25, 0.3) is 0 Å². The smallest absolute Gasteiger partial charge is 0.242 e. The van der Waals surface area contributed by atoms with Gasteiger partial charge in [-0.3, -0.25) is 9.59 Å². The van der Waals surface area contributed by atoms with Crippen LogP contribution in [0.4, 0.5) is 0 Å². The zero-order chi connectivity index (χ0) is 10.2. The van der Waals surface area contributed by atoms with Crippen molar-refractivity contribution >= 4 is 11.8 Å². The lowest BCUT2D eigenvalue weighted by Crippen LogP contribution is -2.54. The van der Waals surface area contributed by atoms with Gasteiger partial charge in [-0.25, -0.2) is 0 Å². The van der Waals surface area contributed by atoms with Crippen LogP contribution < -0.4 is 5.73 Å². The molecule has 1 heterocycles. The highest BCUT2D eigenvalue weighted by molar-refractivity contribution is 5.91. The van der Waals surface area contributed by atoms with Crippen molar-refractivity contribution in [1.82, 2.24) is 4.90 Å². The van der Waals surface area contributed by atoms with Crippen molar-refractivity contribution in [1.29, 1.82) is 0 Å². The second-order valence-corrected chi connectivity index (χ2v) is 4.10. The van der Waals surface area contributed by atoms with Crippen LogP contribution in [0.5, 0.6) is 0 Å². The first-order chi connectivity index (χ1) is 5.87. The number of nitrogens with two attached hydrogens (primary N) is 1. The van der Waals surface area contributed by atoms with E-state index in [1.807, 2.05) is 6.92 Å². The summed E-state index contributed by atoms with van der Waals surface area (Å²) < 4.78 is 0. The van der Waals surface area contributed by atoms with Gasteiger partial charge < -0.3 is 10.6 Å². The van der Waals surface area contributed by atoms with Gasteiger partial charge in [-0.15, -0.1) is 0 Å². The van der Waals surface area contributed by atoms with Gasteiger partial charge in [0.2, 0.25) is 11.8 Å². The van der Waals surface area contributed by atoms with Gasteiger partial charge in [0, 0.05) is 12.5 Å². The summed E-state index contributed by atoms with van der Waals surface area (Å²) >= 11 is 0. The maximum absolute atomic E-state index is 11.6. The Morgan fingerprint density at radius 3 is 2.46 bits per heavy atom. The normalized spacial score (nSPS) is 23.8. The SMILES string of the molecule is CC1CCN(C(C)(C)C(N)=O)C1=O. The maximum Gasteiger partial charge on any atom is 0.242 e. The van der Waals surface area contributed by atoms with Crippen molar-refractivity contribution in [3.8, 4) is 0 Å². The van der Waals surface area contributed by atoms with Gasteiger partial charge in [0.1, 0.15) is 5.54 Å². The Hall–Kier alpha value is -1.06. The molecule has 1 fully saturated rings. The van der Waals surface area contributed by atoms with Crippen LogP contribution >= 0.6 is 0 Å². The molecular weight excluding hydrogens is 168 g/mol. The van der Waals surface area contributed by atoms with Crippen LogP contribution in [0.25, 0.3) is 0 Å². The summed E-state index contributed by atoms with van der Waals surface area (Å²) in [4.78, 5) is 24.2. The number of rotatable bonds is 2. The standard InChI is InChI=1S/C9H16N2O2/c1-6-4-5-11(7(6)12)9(2,3)8(10)13/h6H,4-5H2,1-3H3,(H2,10,13). The van der Waals surface area contributed by atoms with E-state index in [9.17, 15) is 9.59 Å². The topological polar surface area (TPSA) is 63.4 Å². The molecule has 1 saturated heterocycles. The van der Waals surface area contributed by atoms with Crippen LogP contribution in [0.3, 0.4) is 0 Å². The predicted octanol–water partition coefficient (Wildman–Crippen LogP) is 0.119. The van der Waals surface area contributed by atoms with Crippen LogP contribution in [0, 0.1) is 5.92 Å². The third kappa shape index (κ3) is 1.53. The Bertz CT molecular complexity index is 248. The van der Waals surface area contributed by atoms with E-state index in [1.165, 1.54) is 0 Å². The van der Waals surface area contributed by atoms with Crippen molar-refractivity contribution < 1.29 is 9.59 Å². The summed E-state index contributed by atoms with van der Waals surface area (Å²) in [6.45, 7) is 5.88. The fourth-order valence-corrected chi connectivity index (χ4v) is 1.51. The molecule has 2 N–H and O–H groups in total. The van der Waals surface area contributed by atoms with Crippen LogP contribution in [-0.2, 0) is 9.59 Å². The Balaban J connectivity index is 2.84. The molecule has 4 nitrogen and oxygen atoms in total. The summed E-state index contributed by atoms with van der Waals surface area (Å²) in [6, 6.07) is 0. The number of hydrogen-bond donors (Lipinski definition) is 1. The second-order valence-electron chi connectivity index (χ2n) is 4.10. The molecule has 74 valence electrons. The molecule has 0 aliphatic carbocycles. The van der Waals surface area contributed by atoms with E-state index in [-0.39, 0.29) is 11.8 Å². The molecule has 1 rings (SSSR count). The minimum Gasteiger partial charge on any atom is -0.368 e. The lowest BCUT2D eigenvalue weighted by atomic mass is 10.0. The quantitative estimate of drug-likeness (QED) is 0.662. The third-order valence-corrected chi connectivity index (χ3v) is 2.75. The first kappa shape index (κ1) is 10.0. The number of carbonyl (C=O) groups excluding carboxylic acids is 2. The molecule has 1 aliphatic rings. The zero-order valence-corrected chi connectivity index (χ0v) is 8.33. The van der Waals surface area contributed by atoms with E-state index in [0.717, 1.165) is 6.42 Å². The largest absolute Gasteiger partial charge is 0.368 e. The van der Waals surface area contributed by atoms with Gasteiger partial charge in [0.05, 0.1) is 0 Å². The van der Waals surface area contributed by atoms with Crippen molar-refractivity contribution in [3.05, 3.63) is 0 Å². The minimum absolute atomic E-state index is 0.0265. The predicted molar refractivity (Wildman–Crippen MR) is 48.8 cm³/mol. The molecule has 0 saturated carbocycles. The first-order valence-corrected chi connectivity index (χ1v) is 4.48. The molecule has 1 aliphatic heterocycles. The first-order valence-electron chi connectivity index (χ1n) is 4.48. The summed E-state index contributed by atoms with van der Waals surface area (Å²) in [5.74, 6) is -0.391. The molecule has 4 heteroatoms. The van der Waals surface area contributed by atoms with E-state index in [0.29, 0.717) is 6.54 Å². The highest BCUT2D eigenvalue weighted by atomic mass is 16.2. The van der Waals surface area contributed by atoms with E-state index in [2.05, 4.69) is 0 Å². The summed E-state index contributed by atoms with van der Waals surface area (Å²) in [7, 11) is 0. The Labute approximate surface area is 78.1 Å². The van der Waals surface area contributed by atoms with Gasteiger partial charge in [-0.2, -0.15) is 0 Å². The summed E-state index contributed by atoms with van der Waals surface area (Å²) in [5.41, 5.74) is 4.38. The van der Waals surface area contributed by atoms with Crippen molar-refractivity contribution in [2.45, 2.75) is 32.7 Å². The van der Waals surface area contributed by atoms with Crippen LogP contribution in [0.2, 0.25) is 0 Å². The Kier molecular flexibility index (Phi) is 2.32. The molecular formula is C9H16N2O2. The Morgan fingerprint density at radius 1 is 1.62 bits per heavy atom. The van der Waals surface area contributed by atoms with Crippen LogP contribution in [0.1, 0.15) is 27.2 Å². The average Bonchev–Trinajstić information content (AvgIpc) is 2.33. The lowest BCUT2D eigenvalue weighted by molar-refractivity contribution is -0.142. The highest BCUT2D eigenvalue weighted by Gasteiger charge is 2.41. The van der Waals surface area contributed by atoms with Gasteiger partial charge in [0.15, 0.2) is 0 Å². The molecule has 0 aromatic carbocycles. The molecule has 0 spiro atoms. The number of primary amides is 1. The Morgan fingerprint density at radius 2 is 2.15 bits per heavy atom. The molecule has 0 bridgehead atoms. The molecule has 0 aromatic heterocycles. The zero-order valence-electron chi connectivity index (χ0n) is 8.33. The van der Waals surface area contributed by atoms with E-state index >= 15 is 0 Å². The van der Waals surface area contributed by atoms with Crippen molar-refractivity contribution in [2.75, 3.05) is 6.54 Å². The minimum atomic E-state index is -0.845. The van der Waals surface area contributed by atoms with Gasteiger partial charge in [-0.1, -0.05) is 6.92 Å². The fraction of sp³-hybridized carbons (Fsp3) is 0.778. The molecule has 1 atom stereocenters. The number of hydrogen-bond acceptors (Lipinski definition) is 2. The number of likely N-dealkylation sites (tertiary alicyclic amines) is 1. The summed E-state index contributed by atoms with van der Waals surface area (Å²) in [6.07, 6.45) is 0.815. The van der Waals surface area contributed by atoms with E-state index in [1.54, 1.807) is 18.7 Å². The van der Waals surface area contributed by atoms with Gasteiger partial charge >= 0.3 is 0 Å². The molecule has 13 heavy (non-hydrogen) atoms. The van der Waals surface area contributed by atoms with Gasteiger partial charge in [-0.05, 0) is 20.3 Å². The maximum atomic E-state index is 11.6. The van der Waals surface area contributed by atoms with Crippen LogP contribution in [-0.4, -0.2) is 28.8 Å². The number of nitrogens with zero attached hydrogens (tertiary/aromatic N) is 1. The lowest BCUT2D eigenvalue weighted by Gasteiger charge is -2.32. The monoisotopic (exact) mass is 184 g/mol.